The molecule has 0 radical (unpaired) electrons. The number of halogens is 1. The number of rotatable bonds is 3. The number of carbonyl (C=O) groups is 2. The first-order chi connectivity index (χ1) is 9.54. The van der Waals surface area contributed by atoms with E-state index in [1.807, 2.05) is 0 Å². The molecule has 0 saturated carbocycles. The highest BCUT2D eigenvalue weighted by Gasteiger charge is 2.07. The van der Waals surface area contributed by atoms with Crippen molar-refractivity contribution < 1.29 is 9.59 Å². The first kappa shape index (κ1) is 13.9. The van der Waals surface area contributed by atoms with Crippen LogP contribution in [0.2, 0.25) is 5.02 Å². The van der Waals surface area contributed by atoms with E-state index < -0.39 is 6.03 Å². The van der Waals surface area contributed by atoms with Crippen LogP contribution in [0.1, 0.15) is 10.4 Å². The van der Waals surface area contributed by atoms with Gasteiger partial charge in [0.1, 0.15) is 0 Å². The third-order valence-electron chi connectivity index (χ3n) is 2.47. The molecule has 0 heterocycles. The lowest BCUT2D eigenvalue weighted by atomic mass is 10.2. The third-order valence-corrected chi connectivity index (χ3v) is 2.71. The number of primary amides is 1. The normalized spacial score (nSPS) is 9.85. The van der Waals surface area contributed by atoms with Crippen LogP contribution in [0, 0.1) is 0 Å². The van der Waals surface area contributed by atoms with E-state index in [-0.39, 0.29) is 5.91 Å². The van der Waals surface area contributed by atoms with Gasteiger partial charge in [-0.2, -0.15) is 0 Å². The van der Waals surface area contributed by atoms with E-state index in [0.29, 0.717) is 22.0 Å². The van der Waals surface area contributed by atoms with Crippen molar-refractivity contribution in [3.8, 4) is 0 Å². The predicted molar refractivity (Wildman–Crippen MR) is 79.1 cm³/mol. The Morgan fingerprint density at radius 1 is 0.950 bits per heavy atom. The molecule has 4 N–H and O–H groups in total. The van der Waals surface area contributed by atoms with Crippen molar-refractivity contribution in [3.63, 3.8) is 0 Å². The fourth-order valence-electron chi connectivity index (χ4n) is 1.65. The first-order valence-corrected chi connectivity index (χ1v) is 6.16. The van der Waals surface area contributed by atoms with Gasteiger partial charge in [-0.15, -0.1) is 0 Å². The molecule has 0 aliphatic heterocycles. The highest BCUT2D eigenvalue weighted by molar-refractivity contribution is 6.31. The van der Waals surface area contributed by atoms with Crippen LogP contribution in [0.5, 0.6) is 0 Å². The van der Waals surface area contributed by atoms with Crippen molar-refractivity contribution in [3.05, 3.63) is 59.1 Å². The molecule has 3 amide bonds. The summed E-state index contributed by atoms with van der Waals surface area (Å²) < 4.78 is 0. The molecule has 0 spiro atoms. The monoisotopic (exact) mass is 289 g/mol. The maximum atomic E-state index is 12.0. The maximum absolute atomic E-state index is 12.0. The molecule has 2 rings (SSSR count). The van der Waals surface area contributed by atoms with Gasteiger partial charge in [-0.1, -0.05) is 23.7 Å². The highest BCUT2D eigenvalue weighted by Crippen LogP contribution is 2.17. The first-order valence-electron chi connectivity index (χ1n) is 5.78. The summed E-state index contributed by atoms with van der Waals surface area (Å²) in [5.74, 6) is -0.288. The number of carbonyl (C=O) groups excluding carboxylic acids is 2. The molecule has 20 heavy (non-hydrogen) atoms. The lowest BCUT2D eigenvalue weighted by Crippen LogP contribution is -2.19. The Bertz CT molecular complexity index is 658. The van der Waals surface area contributed by atoms with E-state index >= 15 is 0 Å². The second-order valence-electron chi connectivity index (χ2n) is 4.03. The zero-order valence-electron chi connectivity index (χ0n) is 10.4. The molecule has 2 aromatic rings. The lowest BCUT2D eigenvalue weighted by molar-refractivity contribution is 0.102. The second kappa shape index (κ2) is 6.08. The van der Waals surface area contributed by atoms with Crippen LogP contribution < -0.4 is 16.4 Å². The van der Waals surface area contributed by atoms with Crippen LogP contribution >= 0.6 is 11.6 Å². The van der Waals surface area contributed by atoms with Gasteiger partial charge >= 0.3 is 6.03 Å². The van der Waals surface area contributed by atoms with Gasteiger partial charge in [-0.3, -0.25) is 4.79 Å². The van der Waals surface area contributed by atoms with Gasteiger partial charge in [0.2, 0.25) is 0 Å². The number of nitrogens with two attached hydrogens (primary N) is 1. The summed E-state index contributed by atoms with van der Waals surface area (Å²) in [6, 6.07) is 12.6. The summed E-state index contributed by atoms with van der Waals surface area (Å²) in [6.07, 6.45) is 0. The standard InChI is InChI=1S/C14H12ClN3O2/c15-10-4-1-3-9(7-10)13(19)17-11-5-2-6-12(8-11)18-14(16)20/h1-8H,(H,17,19)(H3,16,18,20). The van der Waals surface area contributed by atoms with Crippen molar-refractivity contribution in [1.82, 2.24) is 0 Å². The molecule has 6 heteroatoms. The van der Waals surface area contributed by atoms with Gasteiger partial charge in [0, 0.05) is 22.0 Å². The van der Waals surface area contributed by atoms with Crippen LogP contribution in [0.3, 0.4) is 0 Å². The molecular weight excluding hydrogens is 278 g/mol. The number of benzene rings is 2. The van der Waals surface area contributed by atoms with Crippen LogP contribution in [-0.4, -0.2) is 11.9 Å². The summed E-state index contributed by atoms with van der Waals surface area (Å²) in [7, 11) is 0. The van der Waals surface area contributed by atoms with Gasteiger partial charge in [0.05, 0.1) is 0 Å². The molecule has 0 aliphatic carbocycles. The number of urea groups is 1. The van der Waals surface area contributed by atoms with Crippen molar-refractivity contribution in [2.45, 2.75) is 0 Å². The molecule has 0 fully saturated rings. The van der Waals surface area contributed by atoms with Crippen LogP contribution in [0.25, 0.3) is 0 Å². The Hall–Kier alpha value is -2.53. The summed E-state index contributed by atoms with van der Waals surface area (Å²) in [6.45, 7) is 0. The van der Waals surface area contributed by atoms with E-state index in [2.05, 4.69) is 10.6 Å². The minimum Gasteiger partial charge on any atom is -0.351 e. The molecule has 0 aromatic heterocycles. The predicted octanol–water partition coefficient (Wildman–Crippen LogP) is 3.08. The fraction of sp³-hybridized carbons (Fsp3) is 0. The van der Waals surface area contributed by atoms with E-state index in [9.17, 15) is 9.59 Å². The Balaban J connectivity index is 2.13. The van der Waals surface area contributed by atoms with Crippen molar-refractivity contribution in [1.29, 1.82) is 0 Å². The molecule has 0 bridgehead atoms. The van der Waals surface area contributed by atoms with E-state index in [4.69, 9.17) is 17.3 Å². The van der Waals surface area contributed by atoms with Crippen LogP contribution in [0.4, 0.5) is 16.2 Å². The average Bonchev–Trinajstić information content (AvgIpc) is 2.38. The molecule has 5 nitrogen and oxygen atoms in total. The maximum Gasteiger partial charge on any atom is 0.316 e. The fourth-order valence-corrected chi connectivity index (χ4v) is 1.84. The van der Waals surface area contributed by atoms with E-state index in [1.165, 1.54) is 0 Å². The number of nitrogens with one attached hydrogen (secondary N) is 2. The third kappa shape index (κ3) is 3.73. The Morgan fingerprint density at radius 3 is 2.25 bits per heavy atom. The molecule has 0 atom stereocenters. The van der Waals surface area contributed by atoms with Gasteiger partial charge < -0.3 is 16.4 Å². The molecular formula is C14H12ClN3O2. The molecule has 2 aromatic carbocycles. The lowest BCUT2D eigenvalue weighted by Gasteiger charge is -2.08. The number of amides is 3. The van der Waals surface area contributed by atoms with Gasteiger partial charge in [-0.25, -0.2) is 4.79 Å². The number of anilines is 2. The van der Waals surface area contributed by atoms with Crippen LogP contribution in [0.15, 0.2) is 48.5 Å². The summed E-state index contributed by atoms with van der Waals surface area (Å²) >= 11 is 5.83. The summed E-state index contributed by atoms with van der Waals surface area (Å²) in [4.78, 5) is 22.8. The SMILES string of the molecule is NC(=O)Nc1cccc(NC(=O)c2cccc(Cl)c2)c1. The molecule has 0 unspecified atom stereocenters. The van der Waals surface area contributed by atoms with Gasteiger partial charge in [-0.05, 0) is 36.4 Å². The quantitative estimate of drug-likeness (QED) is 0.811. The molecule has 102 valence electrons. The van der Waals surface area contributed by atoms with E-state index in [0.717, 1.165) is 0 Å². The molecule has 0 saturated heterocycles. The largest absolute Gasteiger partial charge is 0.351 e. The van der Waals surface area contributed by atoms with Crippen molar-refractivity contribution in [2.75, 3.05) is 10.6 Å². The number of hydrogen-bond acceptors (Lipinski definition) is 2. The smallest absolute Gasteiger partial charge is 0.316 e. The summed E-state index contributed by atoms with van der Waals surface area (Å²) in [5, 5.41) is 5.63. The minimum absolute atomic E-state index is 0.288. The highest BCUT2D eigenvalue weighted by atomic mass is 35.5. The van der Waals surface area contributed by atoms with Crippen molar-refractivity contribution in [2.24, 2.45) is 5.73 Å². The zero-order valence-corrected chi connectivity index (χ0v) is 11.1. The van der Waals surface area contributed by atoms with Crippen LogP contribution in [-0.2, 0) is 0 Å². The second-order valence-corrected chi connectivity index (χ2v) is 4.47. The Kier molecular flexibility index (Phi) is 4.22. The number of hydrogen-bond donors (Lipinski definition) is 3. The zero-order chi connectivity index (χ0) is 14.5. The average molecular weight is 290 g/mol. The topological polar surface area (TPSA) is 84.2 Å². The van der Waals surface area contributed by atoms with Gasteiger partial charge in [0.15, 0.2) is 0 Å². The van der Waals surface area contributed by atoms with Gasteiger partial charge in [0.25, 0.3) is 5.91 Å². The Labute approximate surface area is 120 Å². The molecule has 0 aliphatic rings. The van der Waals surface area contributed by atoms with E-state index in [1.54, 1.807) is 48.5 Å². The Morgan fingerprint density at radius 2 is 1.60 bits per heavy atom. The summed E-state index contributed by atoms with van der Waals surface area (Å²) in [5.41, 5.74) is 6.53. The minimum atomic E-state index is -0.664. The van der Waals surface area contributed by atoms with Crippen molar-refractivity contribution >= 4 is 34.9 Å².